The molecule has 2 rings (SSSR count). The number of ether oxygens (including phenoxy) is 2. The van der Waals surface area contributed by atoms with Crippen molar-refractivity contribution in [3.05, 3.63) is 0 Å². The van der Waals surface area contributed by atoms with Gasteiger partial charge in [-0.2, -0.15) is 5.26 Å². The molecule has 0 bridgehead atoms. The number of likely N-dealkylation sites (tertiary alicyclic amines) is 1. The lowest BCUT2D eigenvalue weighted by Crippen LogP contribution is -2.44. The number of hydrogen-bond acceptors (Lipinski definition) is 4. The number of piperidine rings is 1. The summed E-state index contributed by atoms with van der Waals surface area (Å²) in [4.78, 5) is 14.0. The average molecular weight is 266 g/mol. The van der Waals surface area contributed by atoms with Gasteiger partial charge in [-0.15, -0.1) is 0 Å². The molecule has 2 unspecified atom stereocenters. The van der Waals surface area contributed by atoms with Gasteiger partial charge in [-0.05, 0) is 32.6 Å². The first-order valence-corrected chi connectivity index (χ1v) is 7.12. The zero-order valence-electron chi connectivity index (χ0n) is 11.5. The lowest BCUT2D eigenvalue weighted by molar-refractivity contribution is -0.145. The van der Waals surface area contributed by atoms with Crippen molar-refractivity contribution in [2.45, 2.75) is 44.8 Å². The Hall–Kier alpha value is -1.12. The first-order chi connectivity index (χ1) is 9.20. The van der Waals surface area contributed by atoms with Crippen molar-refractivity contribution in [1.82, 2.24) is 4.90 Å². The SMILES string of the molecule is CC(OCC1CCCO1)C(=O)N1CCC(C#N)CC1. The number of hydrogen-bond donors (Lipinski definition) is 0. The molecule has 0 N–H and O–H groups in total. The molecule has 2 saturated heterocycles. The van der Waals surface area contributed by atoms with Gasteiger partial charge in [-0.1, -0.05) is 0 Å². The first-order valence-electron chi connectivity index (χ1n) is 7.12. The van der Waals surface area contributed by atoms with Crippen LogP contribution in [0.3, 0.4) is 0 Å². The van der Waals surface area contributed by atoms with Gasteiger partial charge in [-0.3, -0.25) is 4.79 Å². The average Bonchev–Trinajstić information content (AvgIpc) is 2.97. The molecule has 5 heteroatoms. The van der Waals surface area contributed by atoms with E-state index in [0.29, 0.717) is 19.7 Å². The van der Waals surface area contributed by atoms with E-state index in [1.165, 1.54) is 0 Å². The van der Waals surface area contributed by atoms with Crippen LogP contribution in [0.4, 0.5) is 0 Å². The van der Waals surface area contributed by atoms with Crippen LogP contribution in [0, 0.1) is 17.2 Å². The molecule has 2 fully saturated rings. The molecule has 1 amide bonds. The Labute approximate surface area is 114 Å². The first kappa shape index (κ1) is 14.3. The number of amides is 1. The van der Waals surface area contributed by atoms with Gasteiger partial charge in [0.05, 0.1) is 18.8 Å². The molecular formula is C14H22N2O3. The Bertz CT molecular complexity index is 339. The van der Waals surface area contributed by atoms with Crippen molar-refractivity contribution in [2.75, 3.05) is 26.3 Å². The van der Waals surface area contributed by atoms with E-state index in [-0.39, 0.29) is 17.9 Å². The van der Waals surface area contributed by atoms with Crippen LogP contribution in [0.2, 0.25) is 0 Å². The quantitative estimate of drug-likeness (QED) is 0.770. The Morgan fingerprint density at radius 3 is 2.79 bits per heavy atom. The van der Waals surface area contributed by atoms with E-state index in [9.17, 15) is 4.79 Å². The van der Waals surface area contributed by atoms with E-state index in [1.807, 2.05) is 4.90 Å². The predicted octanol–water partition coefficient (Wildman–Crippen LogP) is 1.33. The van der Waals surface area contributed by atoms with E-state index in [1.54, 1.807) is 6.92 Å². The smallest absolute Gasteiger partial charge is 0.251 e. The maximum absolute atomic E-state index is 12.2. The van der Waals surface area contributed by atoms with Crippen LogP contribution in [0.5, 0.6) is 0 Å². The minimum atomic E-state index is -0.414. The van der Waals surface area contributed by atoms with Crippen LogP contribution in [0.1, 0.15) is 32.6 Å². The van der Waals surface area contributed by atoms with Gasteiger partial charge in [0.15, 0.2) is 0 Å². The van der Waals surface area contributed by atoms with Crippen molar-refractivity contribution in [3.63, 3.8) is 0 Å². The zero-order chi connectivity index (χ0) is 13.7. The monoisotopic (exact) mass is 266 g/mol. The second-order valence-electron chi connectivity index (χ2n) is 5.34. The molecule has 0 aromatic carbocycles. The van der Waals surface area contributed by atoms with Crippen molar-refractivity contribution in [1.29, 1.82) is 5.26 Å². The number of carbonyl (C=O) groups is 1. The normalized spacial score (nSPS) is 26.1. The molecule has 0 aliphatic carbocycles. The topological polar surface area (TPSA) is 62.6 Å². The maximum atomic E-state index is 12.2. The molecule has 0 spiro atoms. The van der Waals surface area contributed by atoms with Gasteiger partial charge in [0.25, 0.3) is 5.91 Å². The van der Waals surface area contributed by atoms with Crippen LogP contribution in [-0.4, -0.2) is 49.3 Å². The number of carbonyl (C=O) groups excluding carboxylic acids is 1. The molecular weight excluding hydrogens is 244 g/mol. The summed E-state index contributed by atoms with van der Waals surface area (Å²) in [5.41, 5.74) is 0. The summed E-state index contributed by atoms with van der Waals surface area (Å²) in [6, 6.07) is 2.27. The van der Waals surface area contributed by atoms with E-state index >= 15 is 0 Å². The Kier molecular flexibility index (Phi) is 5.17. The van der Waals surface area contributed by atoms with Gasteiger partial charge in [-0.25, -0.2) is 0 Å². The van der Waals surface area contributed by atoms with Gasteiger partial charge in [0.1, 0.15) is 6.10 Å². The summed E-state index contributed by atoms with van der Waals surface area (Å²) in [6.07, 6.45) is 3.40. The van der Waals surface area contributed by atoms with Crippen LogP contribution < -0.4 is 0 Å². The van der Waals surface area contributed by atoms with Gasteiger partial charge in [0.2, 0.25) is 0 Å². The standard InChI is InChI=1S/C14H22N2O3/c1-11(19-10-13-3-2-8-18-13)14(17)16-6-4-12(9-15)5-7-16/h11-13H,2-8,10H2,1H3. The minimum Gasteiger partial charge on any atom is -0.376 e. The Morgan fingerprint density at radius 1 is 1.47 bits per heavy atom. The van der Waals surface area contributed by atoms with Gasteiger partial charge >= 0.3 is 0 Å². The van der Waals surface area contributed by atoms with Crippen LogP contribution >= 0.6 is 0 Å². The molecule has 0 aromatic heterocycles. The molecule has 0 aromatic rings. The fourth-order valence-electron chi connectivity index (χ4n) is 2.58. The predicted molar refractivity (Wildman–Crippen MR) is 69.3 cm³/mol. The van der Waals surface area contributed by atoms with Crippen LogP contribution in [0.25, 0.3) is 0 Å². The molecule has 2 heterocycles. The van der Waals surface area contributed by atoms with Gasteiger partial charge in [0, 0.05) is 25.6 Å². The van der Waals surface area contributed by atoms with E-state index in [2.05, 4.69) is 6.07 Å². The number of nitrogens with zero attached hydrogens (tertiary/aromatic N) is 2. The van der Waals surface area contributed by atoms with Crippen molar-refractivity contribution in [2.24, 2.45) is 5.92 Å². The van der Waals surface area contributed by atoms with Crippen molar-refractivity contribution < 1.29 is 14.3 Å². The summed E-state index contributed by atoms with van der Waals surface area (Å²) in [5.74, 6) is 0.140. The number of nitriles is 1. The molecule has 5 nitrogen and oxygen atoms in total. The number of rotatable bonds is 4. The third-order valence-corrected chi connectivity index (χ3v) is 3.89. The molecule has 0 saturated carbocycles. The second kappa shape index (κ2) is 6.88. The minimum absolute atomic E-state index is 0.0365. The highest BCUT2D eigenvalue weighted by atomic mass is 16.5. The Morgan fingerprint density at radius 2 is 2.21 bits per heavy atom. The molecule has 106 valence electrons. The highest BCUT2D eigenvalue weighted by Crippen LogP contribution is 2.18. The molecule has 2 aliphatic heterocycles. The van der Waals surface area contributed by atoms with Crippen LogP contribution in [-0.2, 0) is 14.3 Å². The third kappa shape index (κ3) is 3.92. The fraction of sp³-hybridized carbons (Fsp3) is 0.857. The summed E-state index contributed by atoms with van der Waals surface area (Å²) in [5, 5.41) is 8.84. The van der Waals surface area contributed by atoms with Crippen LogP contribution in [0.15, 0.2) is 0 Å². The van der Waals surface area contributed by atoms with Gasteiger partial charge < -0.3 is 14.4 Å². The summed E-state index contributed by atoms with van der Waals surface area (Å²) < 4.78 is 11.1. The zero-order valence-corrected chi connectivity index (χ0v) is 11.5. The lowest BCUT2D eigenvalue weighted by atomic mass is 9.98. The maximum Gasteiger partial charge on any atom is 0.251 e. The lowest BCUT2D eigenvalue weighted by Gasteiger charge is -2.31. The summed E-state index contributed by atoms with van der Waals surface area (Å²) in [6.45, 7) is 4.45. The summed E-state index contributed by atoms with van der Waals surface area (Å²) >= 11 is 0. The Balaban J connectivity index is 1.71. The van der Waals surface area contributed by atoms with Crippen molar-refractivity contribution in [3.8, 4) is 6.07 Å². The molecule has 19 heavy (non-hydrogen) atoms. The largest absolute Gasteiger partial charge is 0.376 e. The van der Waals surface area contributed by atoms with Crippen molar-refractivity contribution >= 4 is 5.91 Å². The molecule has 0 radical (unpaired) electrons. The van der Waals surface area contributed by atoms with E-state index < -0.39 is 6.10 Å². The van der Waals surface area contributed by atoms with E-state index in [4.69, 9.17) is 14.7 Å². The fourth-order valence-corrected chi connectivity index (χ4v) is 2.58. The second-order valence-corrected chi connectivity index (χ2v) is 5.34. The highest BCUT2D eigenvalue weighted by Gasteiger charge is 2.27. The highest BCUT2D eigenvalue weighted by molar-refractivity contribution is 5.80. The summed E-state index contributed by atoms with van der Waals surface area (Å²) in [7, 11) is 0. The third-order valence-electron chi connectivity index (χ3n) is 3.89. The van der Waals surface area contributed by atoms with E-state index in [0.717, 1.165) is 32.3 Å². The molecule has 2 atom stereocenters. The molecule has 2 aliphatic rings.